The van der Waals surface area contributed by atoms with Crippen LogP contribution < -0.4 is 15.5 Å². The van der Waals surface area contributed by atoms with E-state index >= 15 is 0 Å². The zero-order valence-electron chi connectivity index (χ0n) is 16.2. The third-order valence-electron chi connectivity index (χ3n) is 4.48. The number of hydrogen-bond acceptors (Lipinski definition) is 4. The predicted molar refractivity (Wildman–Crippen MR) is 108 cm³/mol. The van der Waals surface area contributed by atoms with Crippen LogP contribution in [0.15, 0.2) is 35.3 Å². The maximum absolute atomic E-state index is 5.77. The number of ether oxygens (including phenoxy) is 2. The van der Waals surface area contributed by atoms with Crippen LogP contribution in [-0.2, 0) is 9.47 Å². The first-order chi connectivity index (χ1) is 12.8. The van der Waals surface area contributed by atoms with E-state index in [1.165, 1.54) is 5.69 Å². The Morgan fingerprint density at radius 1 is 1.23 bits per heavy atom. The quantitative estimate of drug-likeness (QED) is 0.359. The van der Waals surface area contributed by atoms with Gasteiger partial charge in [-0.15, -0.1) is 0 Å². The van der Waals surface area contributed by atoms with Crippen LogP contribution in [-0.4, -0.2) is 65.1 Å². The van der Waals surface area contributed by atoms with Gasteiger partial charge in [-0.2, -0.15) is 0 Å². The molecule has 0 aliphatic carbocycles. The number of hydrogen-bond donors (Lipinski definition) is 2. The minimum Gasteiger partial charge on any atom is -0.379 e. The molecule has 0 amide bonds. The molecular formula is C20H34N4O2. The molecular weight excluding hydrogens is 328 g/mol. The largest absolute Gasteiger partial charge is 0.379 e. The van der Waals surface area contributed by atoms with E-state index in [0.717, 1.165) is 71.2 Å². The fourth-order valence-electron chi connectivity index (χ4n) is 2.98. The van der Waals surface area contributed by atoms with Crippen molar-refractivity contribution in [3.63, 3.8) is 0 Å². The summed E-state index contributed by atoms with van der Waals surface area (Å²) in [6.45, 7) is 8.34. The summed E-state index contributed by atoms with van der Waals surface area (Å²) in [6.07, 6.45) is 3.34. The summed E-state index contributed by atoms with van der Waals surface area (Å²) in [6, 6.07) is 10.6. The zero-order valence-corrected chi connectivity index (χ0v) is 16.2. The van der Waals surface area contributed by atoms with Gasteiger partial charge in [-0.1, -0.05) is 18.2 Å². The van der Waals surface area contributed by atoms with Crippen LogP contribution in [0.1, 0.15) is 26.2 Å². The maximum atomic E-state index is 5.77. The van der Waals surface area contributed by atoms with Gasteiger partial charge in [-0.05, 0) is 38.3 Å². The Kier molecular flexibility index (Phi) is 9.90. The highest BCUT2D eigenvalue weighted by atomic mass is 16.5. The van der Waals surface area contributed by atoms with Gasteiger partial charge in [0, 0.05) is 52.1 Å². The van der Waals surface area contributed by atoms with E-state index in [2.05, 4.69) is 57.8 Å². The number of rotatable bonds is 11. The van der Waals surface area contributed by atoms with E-state index in [1.807, 2.05) is 7.05 Å². The van der Waals surface area contributed by atoms with Gasteiger partial charge >= 0.3 is 0 Å². The molecule has 1 atom stereocenters. The van der Waals surface area contributed by atoms with Crippen molar-refractivity contribution >= 4 is 11.6 Å². The standard InChI is InChI=1S/C20H34N4O2/c1-3-24(18-9-5-4-6-10-18)14-7-12-22-20(21-2)23-13-8-15-26-19-11-16-25-17-19/h4-6,9-10,19H,3,7-8,11-17H2,1-2H3,(H2,21,22,23). The normalized spacial score (nSPS) is 17.3. The first-order valence-electron chi connectivity index (χ1n) is 9.77. The monoisotopic (exact) mass is 362 g/mol. The smallest absolute Gasteiger partial charge is 0.190 e. The summed E-state index contributed by atoms with van der Waals surface area (Å²) in [4.78, 5) is 6.67. The summed E-state index contributed by atoms with van der Waals surface area (Å²) in [5, 5.41) is 6.73. The molecule has 2 N–H and O–H groups in total. The summed E-state index contributed by atoms with van der Waals surface area (Å²) in [5.74, 6) is 0.858. The molecule has 1 aromatic carbocycles. The molecule has 0 saturated carbocycles. The Labute approximate surface area is 158 Å². The summed E-state index contributed by atoms with van der Waals surface area (Å²) in [5.41, 5.74) is 1.28. The van der Waals surface area contributed by atoms with E-state index in [9.17, 15) is 0 Å². The number of benzene rings is 1. The van der Waals surface area contributed by atoms with Gasteiger partial charge in [0.05, 0.1) is 12.7 Å². The number of nitrogens with one attached hydrogen (secondary N) is 2. The van der Waals surface area contributed by atoms with Crippen molar-refractivity contribution in [1.29, 1.82) is 0 Å². The molecule has 1 saturated heterocycles. The molecule has 0 radical (unpaired) electrons. The third-order valence-corrected chi connectivity index (χ3v) is 4.48. The second-order valence-electron chi connectivity index (χ2n) is 6.40. The van der Waals surface area contributed by atoms with Crippen LogP contribution >= 0.6 is 0 Å². The summed E-state index contributed by atoms with van der Waals surface area (Å²) < 4.78 is 11.1. The van der Waals surface area contributed by atoms with Crippen LogP contribution in [0.2, 0.25) is 0 Å². The van der Waals surface area contributed by atoms with Crippen molar-refractivity contribution in [1.82, 2.24) is 10.6 Å². The molecule has 1 fully saturated rings. The van der Waals surface area contributed by atoms with Crippen molar-refractivity contribution in [3.8, 4) is 0 Å². The lowest BCUT2D eigenvalue weighted by atomic mass is 10.2. The van der Waals surface area contributed by atoms with Crippen LogP contribution in [0.3, 0.4) is 0 Å². The summed E-state index contributed by atoms with van der Waals surface area (Å²) >= 11 is 0. The topological polar surface area (TPSA) is 58.1 Å². The molecule has 6 nitrogen and oxygen atoms in total. The van der Waals surface area contributed by atoms with Gasteiger partial charge < -0.3 is 25.0 Å². The molecule has 1 unspecified atom stereocenters. The Morgan fingerprint density at radius 3 is 2.65 bits per heavy atom. The minimum absolute atomic E-state index is 0.290. The molecule has 2 rings (SSSR count). The Hall–Kier alpha value is -1.79. The first kappa shape index (κ1) is 20.5. The Balaban J connectivity index is 1.53. The van der Waals surface area contributed by atoms with Gasteiger partial charge in [-0.3, -0.25) is 4.99 Å². The third kappa shape index (κ3) is 7.62. The van der Waals surface area contributed by atoms with E-state index in [-0.39, 0.29) is 0 Å². The molecule has 1 heterocycles. The number of nitrogens with zero attached hydrogens (tertiary/aromatic N) is 2. The average Bonchev–Trinajstić information content (AvgIpc) is 3.20. The van der Waals surface area contributed by atoms with Crippen molar-refractivity contribution in [2.45, 2.75) is 32.3 Å². The molecule has 0 spiro atoms. The molecule has 146 valence electrons. The maximum Gasteiger partial charge on any atom is 0.190 e. The SMILES string of the molecule is CCN(CCCNC(=NC)NCCCOC1CCOC1)c1ccccc1. The predicted octanol–water partition coefficient (Wildman–Crippen LogP) is 2.26. The number of para-hydroxylation sites is 1. The fourth-order valence-corrected chi connectivity index (χ4v) is 2.98. The molecule has 0 bridgehead atoms. The molecule has 26 heavy (non-hydrogen) atoms. The van der Waals surface area contributed by atoms with Crippen LogP contribution in [0, 0.1) is 0 Å². The van der Waals surface area contributed by atoms with Gasteiger partial charge in [0.2, 0.25) is 0 Å². The second kappa shape index (κ2) is 12.5. The molecule has 6 heteroatoms. The number of anilines is 1. The van der Waals surface area contributed by atoms with Crippen molar-refractivity contribution in [3.05, 3.63) is 30.3 Å². The van der Waals surface area contributed by atoms with E-state index in [4.69, 9.17) is 9.47 Å². The van der Waals surface area contributed by atoms with Gasteiger partial charge in [0.25, 0.3) is 0 Å². The van der Waals surface area contributed by atoms with Gasteiger partial charge in [-0.25, -0.2) is 0 Å². The van der Waals surface area contributed by atoms with E-state index in [0.29, 0.717) is 6.10 Å². The van der Waals surface area contributed by atoms with E-state index < -0.39 is 0 Å². The molecule has 1 aliphatic rings. The lowest BCUT2D eigenvalue weighted by Crippen LogP contribution is -2.39. The Bertz CT molecular complexity index is 504. The number of aliphatic imine (C=N–C) groups is 1. The van der Waals surface area contributed by atoms with Crippen molar-refractivity contribution < 1.29 is 9.47 Å². The second-order valence-corrected chi connectivity index (χ2v) is 6.40. The van der Waals surface area contributed by atoms with Gasteiger partial charge in [0.1, 0.15) is 0 Å². The van der Waals surface area contributed by atoms with Crippen LogP contribution in [0.25, 0.3) is 0 Å². The van der Waals surface area contributed by atoms with Gasteiger partial charge in [0.15, 0.2) is 5.96 Å². The van der Waals surface area contributed by atoms with Crippen molar-refractivity contribution in [2.24, 2.45) is 4.99 Å². The highest BCUT2D eigenvalue weighted by Crippen LogP contribution is 2.12. The molecule has 1 aromatic rings. The fraction of sp³-hybridized carbons (Fsp3) is 0.650. The Morgan fingerprint density at radius 2 is 2.00 bits per heavy atom. The highest BCUT2D eigenvalue weighted by Gasteiger charge is 2.15. The van der Waals surface area contributed by atoms with E-state index in [1.54, 1.807) is 0 Å². The molecule has 0 aromatic heterocycles. The lowest BCUT2D eigenvalue weighted by molar-refractivity contribution is 0.0420. The highest BCUT2D eigenvalue weighted by molar-refractivity contribution is 5.79. The van der Waals surface area contributed by atoms with Crippen molar-refractivity contribution in [2.75, 3.05) is 57.9 Å². The van der Waals surface area contributed by atoms with Crippen LogP contribution in [0.4, 0.5) is 5.69 Å². The first-order valence-corrected chi connectivity index (χ1v) is 9.77. The molecule has 1 aliphatic heterocycles. The average molecular weight is 363 g/mol. The lowest BCUT2D eigenvalue weighted by Gasteiger charge is -2.23. The number of guanidine groups is 1. The minimum atomic E-state index is 0.290. The zero-order chi connectivity index (χ0) is 18.5. The summed E-state index contributed by atoms with van der Waals surface area (Å²) in [7, 11) is 1.81. The van der Waals surface area contributed by atoms with Crippen LogP contribution in [0.5, 0.6) is 0 Å².